The van der Waals surface area contributed by atoms with Crippen molar-refractivity contribution in [2.75, 3.05) is 36.1 Å². The number of ether oxygens (including phenoxy) is 1. The molecule has 0 amide bonds. The lowest BCUT2D eigenvalue weighted by Gasteiger charge is -2.30. The summed E-state index contributed by atoms with van der Waals surface area (Å²) in [5.74, 6) is -2.28. The highest BCUT2D eigenvalue weighted by atomic mass is 35.5. The SMILES string of the molecule is Cc1ccc(F)c(S(=O)(=O)Nc2cc(F)c(-c3nn(C(C)C)c4c(C5CCC(NCCOCCCl)CC5)cnc(N)c34)cc2F)c1. The number of halogens is 4. The summed E-state index contributed by atoms with van der Waals surface area (Å²) in [6.07, 6.45) is 5.41. The van der Waals surface area contributed by atoms with Gasteiger partial charge in [0, 0.05) is 42.3 Å². The average Bonchev–Trinajstić information content (AvgIpc) is 3.42. The third-order valence-corrected chi connectivity index (χ3v) is 9.81. The molecule has 0 spiro atoms. The second-order valence-corrected chi connectivity index (χ2v) is 13.9. The molecule has 4 aromatic rings. The molecule has 46 heavy (non-hydrogen) atoms. The van der Waals surface area contributed by atoms with Gasteiger partial charge in [-0.3, -0.25) is 9.40 Å². The molecule has 2 aromatic heterocycles. The second-order valence-electron chi connectivity index (χ2n) is 11.9. The van der Waals surface area contributed by atoms with Crippen LogP contribution in [0.2, 0.25) is 0 Å². The number of pyridine rings is 1. The number of nitrogens with zero attached hydrogens (tertiary/aromatic N) is 3. The van der Waals surface area contributed by atoms with Crippen molar-refractivity contribution in [2.45, 2.75) is 69.4 Å². The summed E-state index contributed by atoms with van der Waals surface area (Å²) in [6, 6.07) is 5.31. The number of nitrogens with one attached hydrogen (secondary N) is 2. The van der Waals surface area contributed by atoms with Crippen molar-refractivity contribution in [3.63, 3.8) is 0 Å². The summed E-state index contributed by atoms with van der Waals surface area (Å²) in [4.78, 5) is 3.77. The molecule has 1 aliphatic rings. The minimum Gasteiger partial charge on any atom is -0.383 e. The molecule has 1 aliphatic carbocycles. The van der Waals surface area contributed by atoms with Gasteiger partial charge in [-0.15, -0.1) is 11.6 Å². The number of fused-ring (bicyclic) bond motifs is 1. The Hall–Kier alpha value is -3.39. The molecule has 5 rings (SSSR count). The van der Waals surface area contributed by atoms with E-state index in [1.807, 2.05) is 18.6 Å². The first-order valence-corrected chi connectivity index (χ1v) is 17.2. The molecule has 0 unspecified atom stereocenters. The highest BCUT2D eigenvalue weighted by molar-refractivity contribution is 7.92. The Kier molecular flexibility index (Phi) is 10.5. The maximum absolute atomic E-state index is 15.8. The molecule has 4 N–H and O–H groups in total. The molecular formula is C32H38ClF3N6O3S. The largest absolute Gasteiger partial charge is 0.383 e. The molecule has 0 saturated heterocycles. The molecule has 0 radical (unpaired) electrons. The summed E-state index contributed by atoms with van der Waals surface area (Å²) < 4.78 is 80.5. The molecule has 248 valence electrons. The van der Waals surface area contributed by atoms with Crippen LogP contribution in [-0.2, 0) is 14.8 Å². The monoisotopic (exact) mass is 678 g/mol. The fourth-order valence-electron chi connectivity index (χ4n) is 6.00. The van der Waals surface area contributed by atoms with E-state index in [4.69, 9.17) is 27.2 Å². The number of alkyl halides is 1. The van der Waals surface area contributed by atoms with Crippen LogP contribution >= 0.6 is 11.6 Å². The fraction of sp³-hybridized carbons (Fsp3) is 0.438. The van der Waals surface area contributed by atoms with Crippen LogP contribution in [0.25, 0.3) is 22.2 Å². The summed E-state index contributed by atoms with van der Waals surface area (Å²) in [6.45, 7) is 7.32. The first-order valence-electron chi connectivity index (χ1n) is 15.2. The zero-order valence-corrected chi connectivity index (χ0v) is 27.5. The van der Waals surface area contributed by atoms with Crippen molar-refractivity contribution in [3.8, 4) is 11.3 Å². The maximum Gasteiger partial charge on any atom is 0.264 e. The third kappa shape index (κ3) is 7.12. The van der Waals surface area contributed by atoms with Crippen LogP contribution in [0, 0.1) is 24.4 Å². The summed E-state index contributed by atoms with van der Waals surface area (Å²) >= 11 is 5.66. The lowest BCUT2D eigenvalue weighted by Crippen LogP contribution is -2.35. The highest BCUT2D eigenvalue weighted by Gasteiger charge is 2.30. The predicted molar refractivity (Wildman–Crippen MR) is 174 cm³/mol. The van der Waals surface area contributed by atoms with Gasteiger partial charge < -0.3 is 15.8 Å². The Morgan fingerprint density at radius 3 is 2.50 bits per heavy atom. The number of aromatic nitrogens is 3. The second kappa shape index (κ2) is 14.2. The van der Waals surface area contributed by atoms with E-state index in [1.54, 1.807) is 17.8 Å². The number of benzene rings is 2. The van der Waals surface area contributed by atoms with E-state index in [0.29, 0.717) is 41.6 Å². The number of rotatable bonds is 12. The Morgan fingerprint density at radius 1 is 1.07 bits per heavy atom. The van der Waals surface area contributed by atoms with Gasteiger partial charge in [0.25, 0.3) is 10.0 Å². The Bertz CT molecular complexity index is 1830. The van der Waals surface area contributed by atoms with Gasteiger partial charge in [0.1, 0.15) is 33.9 Å². The van der Waals surface area contributed by atoms with Crippen molar-refractivity contribution in [2.24, 2.45) is 0 Å². The highest BCUT2D eigenvalue weighted by Crippen LogP contribution is 2.42. The van der Waals surface area contributed by atoms with E-state index in [-0.39, 0.29) is 29.0 Å². The lowest BCUT2D eigenvalue weighted by molar-refractivity contribution is 0.146. The van der Waals surface area contributed by atoms with Gasteiger partial charge in [-0.05, 0) is 81.7 Å². The van der Waals surface area contributed by atoms with E-state index in [2.05, 4.69) is 10.3 Å². The quantitative estimate of drug-likeness (QED) is 0.113. The van der Waals surface area contributed by atoms with Crippen molar-refractivity contribution >= 4 is 44.0 Å². The number of hydrogen-bond donors (Lipinski definition) is 3. The Labute approximate surface area is 271 Å². The molecule has 0 bridgehead atoms. The Morgan fingerprint density at radius 2 is 1.80 bits per heavy atom. The predicted octanol–water partition coefficient (Wildman–Crippen LogP) is 6.66. The van der Waals surface area contributed by atoms with Gasteiger partial charge in [0.2, 0.25) is 0 Å². The van der Waals surface area contributed by atoms with Crippen molar-refractivity contribution < 1.29 is 26.3 Å². The van der Waals surface area contributed by atoms with Crippen LogP contribution in [0.5, 0.6) is 0 Å². The molecule has 0 aliphatic heterocycles. The Balaban J connectivity index is 1.46. The summed E-state index contributed by atoms with van der Waals surface area (Å²) in [5.41, 5.74) is 7.72. The molecule has 0 atom stereocenters. The molecule has 1 saturated carbocycles. The smallest absolute Gasteiger partial charge is 0.264 e. The van der Waals surface area contributed by atoms with Crippen LogP contribution in [0.3, 0.4) is 0 Å². The standard InChI is InChI=1S/C32H38ClF3N6O3S/c1-18(2)42-31-23(20-5-7-21(8-6-20)38-11-13-45-12-10-33)17-39-32(37)29(31)30(40-42)22-15-26(36)27(16-25(22)35)41-46(43,44)28-14-19(3)4-9-24(28)34/h4,9,14-18,20-21,38,41H,5-8,10-13H2,1-3H3,(H2,37,39). The van der Waals surface area contributed by atoms with Gasteiger partial charge in [0.15, 0.2) is 0 Å². The van der Waals surface area contributed by atoms with E-state index in [9.17, 15) is 12.8 Å². The van der Waals surface area contributed by atoms with Gasteiger partial charge in [0.05, 0.1) is 29.8 Å². The molecular weight excluding hydrogens is 641 g/mol. The normalized spacial score (nSPS) is 17.2. The third-order valence-electron chi connectivity index (χ3n) is 8.27. The van der Waals surface area contributed by atoms with E-state index < -0.39 is 38.1 Å². The van der Waals surface area contributed by atoms with Crippen molar-refractivity contribution in [1.29, 1.82) is 0 Å². The zero-order valence-electron chi connectivity index (χ0n) is 25.9. The fourth-order valence-corrected chi connectivity index (χ4v) is 7.33. The van der Waals surface area contributed by atoms with Crippen LogP contribution in [0.4, 0.5) is 24.7 Å². The van der Waals surface area contributed by atoms with E-state index >= 15 is 8.78 Å². The van der Waals surface area contributed by atoms with Gasteiger partial charge in [-0.1, -0.05) is 6.07 Å². The number of anilines is 2. The van der Waals surface area contributed by atoms with Crippen LogP contribution in [0.15, 0.2) is 41.4 Å². The van der Waals surface area contributed by atoms with E-state index in [1.165, 1.54) is 6.07 Å². The zero-order chi connectivity index (χ0) is 33.2. The van der Waals surface area contributed by atoms with Crippen molar-refractivity contribution in [3.05, 3.63) is 65.1 Å². The molecule has 14 heteroatoms. The van der Waals surface area contributed by atoms with Gasteiger partial charge >= 0.3 is 0 Å². The average molecular weight is 679 g/mol. The number of aryl methyl sites for hydroxylation is 1. The molecule has 1 fully saturated rings. The van der Waals surface area contributed by atoms with E-state index in [0.717, 1.165) is 62.1 Å². The number of hydrogen-bond acceptors (Lipinski definition) is 7. The van der Waals surface area contributed by atoms with Gasteiger partial charge in [-0.25, -0.2) is 26.6 Å². The summed E-state index contributed by atoms with van der Waals surface area (Å²) in [7, 11) is -4.56. The molecule has 9 nitrogen and oxygen atoms in total. The molecule has 2 aromatic carbocycles. The van der Waals surface area contributed by atoms with Crippen LogP contribution in [-0.4, -0.2) is 54.9 Å². The topological polar surface area (TPSA) is 124 Å². The minimum atomic E-state index is -4.56. The lowest BCUT2D eigenvalue weighted by atomic mass is 9.81. The minimum absolute atomic E-state index is 0.0957. The number of nitrogen functional groups attached to an aromatic ring is 1. The van der Waals surface area contributed by atoms with Crippen LogP contribution < -0.4 is 15.8 Å². The first kappa shape index (κ1) is 34.0. The maximum atomic E-state index is 15.8. The first-order chi connectivity index (χ1) is 21.9. The number of nitrogens with two attached hydrogens (primary N) is 1. The van der Waals surface area contributed by atoms with Crippen molar-refractivity contribution in [1.82, 2.24) is 20.1 Å². The van der Waals surface area contributed by atoms with Gasteiger partial charge in [-0.2, -0.15) is 5.10 Å². The summed E-state index contributed by atoms with van der Waals surface area (Å²) in [5, 5.41) is 8.63. The molecule has 2 heterocycles. The number of sulfonamides is 1. The van der Waals surface area contributed by atoms with Crippen LogP contribution in [0.1, 0.15) is 62.6 Å².